The number of likely N-dealkylation sites (tertiary alicyclic amines) is 1. The predicted octanol–water partition coefficient (Wildman–Crippen LogP) is 1.16. The Morgan fingerprint density at radius 1 is 1.33 bits per heavy atom. The summed E-state index contributed by atoms with van der Waals surface area (Å²) in [6.07, 6.45) is 5.26. The normalized spacial score (nSPS) is 17.9. The average Bonchev–Trinajstić information content (AvgIpc) is 2.27. The fourth-order valence-electron chi connectivity index (χ4n) is 1.75. The zero-order valence-electron chi connectivity index (χ0n) is 9.54. The molecule has 1 heterocycles. The standard InChI is InChI=1S/C11H21N3O/c1-2-6-10(12)13-9-11(15)14-7-4-3-5-8-14/h2-9H2,1H3,(H2,12,13). The summed E-state index contributed by atoms with van der Waals surface area (Å²) in [6.45, 7) is 4.06. The Morgan fingerprint density at radius 3 is 2.60 bits per heavy atom. The lowest BCUT2D eigenvalue weighted by atomic mass is 10.1. The number of piperidine rings is 1. The number of carbonyl (C=O) groups excluding carboxylic acids is 1. The van der Waals surface area contributed by atoms with Gasteiger partial charge in [-0.1, -0.05) is 6.92 Å². The third-order valence-corrected chi connectivity index (χ3v) is 2.63. The second kappa shape index (κ2) is 6.43. The molecule has 1 fully saturated rings. The minimum absolute atomic E-state index is 0.119. The molecule has 2 N–H and O–H groups in total. The van der Waals surface area contributed by atoms with Crippen LogP contribution < -0.4 is 5.73 Å². The Kier molecular flexibility index (Phi) is 5.15. The molecule has 0 aromatic carbocycles. The van der Waals surface area contributed by atoms with Crippen molar-refractivity contribution in [1.82, 2.24) is 4.90 Å². The highest BCUT2D eigenvalue weighted by atomic mass is 16.2. The van der Waals surface area contributed by atoms with E-state index in [0.717, 1.165) is 38.8 Å². The number of nitrogens with two attached hydrogens (primary N) is 1. The third kappa shape index (κ3) is 4.32. The van der Waals surface area contributed by atoms with Gasteiger partial charge in [-0.15, -0.1) is 0 Å². The van der Waals surface area contributed by atoms with E-state index in [1.54, 1.807) is 0 Å². The molecule has 1 rings (SSSR count). The van der Waals surface area contributed by atoms with Gasteiger partial charge in [0.1, 0.15) is 6.54 Å². The van der Waals surface area contributed by atoms with Gasteiger partial charge in [-0.25, -0.2) is 0 Å². The van der Waals surface area contributed by atoms with E-state index in [-0.39, 0.29) is 12.5 Å². The maximum Gasteiger partial charge on any atom is 0.244 e. The van der Waals surface area contributed by atoms with Crippen molar-refractivity contribution in [2.75, 3.05) is 19.6 Å². The Morgan fingerprint density at radius 2 is 2.00 bits per heavy atom. The molecule has 0 bridgehead atoms. The monoisotopic (exact) mass is 211 g/mol. The zero-order chi connectivity index (χ0) is 11.1. The molecule has 86 valence electrons. The van der Waals surface area contributed by atoms with Gasteiger partial charge in [0, 0.05) is 19.5 Å². The fraction of sp³-hybridized carbons (Fsp3) is 0.818. The molecule has 1 saturated heterocycles. The first-order valence-electron chi connectivity index (χ1n) is 5.80. The van der Waals surface area contributed by atoms with Crippen molar-refractivity contribution in [2.24, 2.45) is 10.7 Å². The van der Waals surface area contributed by atoms with Gasteiger partial charge in [0.2, 0.25) is 5.91 Å². The molecule has 0 aromatic rings. The molecule has 0 atom stereocenters. The van der Waals surface area contributed by atoms with Crippen molar-refractivity contribution < 1.29 is 4.79 Å². The van der Waals surface area contributed by atoms with Gasteiger partial charge in [0.15, 0.2) is 0 Å². The van der Waals surface area contributed by atoms with Gasteiger partial charge in [-0.05, 0) is 25.7 Å². The van der Waals surface area contributed by atoms with Crippen LogP contribution in [0, 0.1) is 0 Å². The molecule has 15 heavy (non-hydrogen) atoms. The van der Waals surface area contributed by atoms with Gasteiger partial charge >= 0.3 is 0 Å². The zero-order valence-corrected chi connectivity index (χ0v) is 9.54. The molecule has 0 unspecified atom stereocenters. The second-order valence-electron chi connectivity index (χ2n) is 4.00. The minimum atomic E-state index is 0.119. The third-order valence-electron chi connectivity index (χ3n) is 2.63. The lowest BCUT2D eigenvalue weighted by Gasteiger charge is -2.26. The Bertz CT molecular complexity index is 232. The van der Waals surface area contributed by atoms with Crippen LogP contribution in [-0.2, 0) is 4.79 Å². The highest BCUT2D eigenvalue weighted by molar-refractivity contribution is 5.85. The first-order chi connectivity index (χ1) is 7.24. The number of hydrogen-bond donors (Lipinski definition) is 1. The summed E-state index contributed by atoms with van der Waals surface area (Å²) < 4.78 is 0. The quantitative estimate of drug-likeness (QED) is 0.560. The van der Waals surface area contributed by atoms with E-state index in [1.807, 2.05) is 4.90 Å². The summed E-state index contributed by atoms with van der Waals surface area (Å²) >= 11 is 0. The van der Waals surface area contributed by atoms with Crippen LogP contribution in [0.4, 0.5) is 0 Å². The number of nitrogens with zero attached hydrogens (tertiary/aromatic N) is 2. The van der Waals surface area contributed by atoms with Crippen LogP contribution in [0.15, 0.2) is 4.99 Å². The van der Waals surface area contributed by atoms with Gasteiger partial charge < -0.3 is 10.6 Å². The summed E-state index contributed by atoms with van der Waals surface area (Å²) in [5, 5.41) is 0. The second-order valence-corrected chi connectivity index (χ2v) is 4.00. The molecule has 0 spiro atoms. The van der Waals surface area contributed by atoms with Gasteiger partial charge in [0.25, 0.3) is 0 Å². The first kappa shape index (κ1) is 12.0. The van der Waals surface area contributed by atoms with Crippen LogP contribution in [0.25, 0.3) is 0 Å². The smallest absolute Gasteiger partial charge is 0.244 e. The van der Waals surface area contributed by atoms with E-state index in [2.05, 4.69) is 11.9 Å². The molecule has 0 saturated carbocycles. The van der Waals surface area contributed by atoms with Gasteiger partial charge in [-0.2, -0.15) is 0 Å². The molecular formula is C11H21N3O. The van der Waals surface area contributed by atoms with Crippen molar-refractivity contribution in [3.05, 3.63) is 0 Å². The van der Waals surface area contributed by atoms with Crippen LogP contribution in [0.1, 0.15) is 39.0 Å². The Balaban J connectivity index is 2.31. The molecule has 1 aliphatic rings. The number of amides is 1. The van der Waals surface area contributed by atoms with Crippen LogP contribution in [0.3, 0.4) is 0 Å². The van der Waals surface area contributed by atoms with Gasteiger partial charge in [-0.3, -0.25) is 9.79 Å². The van der Waals surface area contributed by atoms with E-state index in [9.17, 15) is 4.79 Å². The Labute approximate surface area is 91.5 Å². The number of hydrogen-bond acceptors (Lipinski definition) is 2. The van der Waals surface area contributed by atoms with Gasteiger partial charge in [0.05, 0.1) is 5.84 Å². The summed E-state index contributed by atoms with van der Waals surface area (Å²) in [5.74, 6) is 0.719. The molecule has 4 heteroatoms. The van der Waals surface area contributed by atoms with E-state index in [1.165, 1.54) is 6.42 Å². The number of rotatable bonds is 4. The lowest BCUT2D eigenvalue weighted by molar-refractivity contribution is -0.130. The lowest BCUT2D eigenvalue weighted by Crippen LogP contribution is -2.37. The predicted molar refractivity (Wildman–Crippen MR) is 61.8 cm³/mol. The molecule has 0 aromatic heterocycles. The molecule has 4 nitrogen and oxygen atoms in total. The summed E-state index contributed by atoms with van der Waals surface area (Å²) in [4.78, 5) is 17.7. The summed E-state index contributed by atoms with van der Waals surface area (Å²) in [5.41, 5.74) is 5.64. The molecule has 0 radical (unpaired) electrons. The number of amidine groups is 1. The average molecular weight is 211 g/mol. The summed E-state index contributed by atoms with van der Waals surface area (Å²) in [6, 6.07) is 0. The van der Waals surface area contributed by atoms with E-state index in [4.69, 9.17) is 5.73 Å². The molecular weight excluding hydrogens is 190 g/mol. The highest BCUT2D eigenvalue weighted by Gasteiger charge is 2.15. The number of carbonyl (C=O) groups is 1. The molecule has 1 amide bonds. The van der Waals surface area contributed by atoms with Crippen LogP contribution in [0.2, 0.25) is 0 Å². The maximum atomic E-state index is 11.7. The van der Waals surface area contributed by atoms with Crippen LogP contribution in [-0.4, -0.2) is 36.3 Å². The van der Waals surface area contributed by atoms with Crippen molar-refractivity contribution in [3.63, 3.8) is 0 Å². The van der Waals surface area contributed by atoms with E-state index >= 15 is 0 Å². The van der Waals surface area contributed by atoms with Crippen molar-refractivity contribution in [1.29, 1.82) is 0 Å². The highest BCUT2D eigenvalue weighted by Crippen LogP contribution is 2.08. The van der Waals surface area contributed by atoms with Crippen LogP contribution in [0.5, 0.6) is 0 Å². The maximum absolute atomic E-state index is 11.7. The van der Waals surface area contributed by atoms with Crippen molar-refractivity contribution >= 4 is 11.7 Å². The SMILES string of the molecule is CCCC(N)=NCC(=O)N1CCCCC1. The van der Waals surface area contributed by atoms with Crippen molar-refractivity contribution in [2.45, 2.75) is 39.0 Å². The summed E-state index contributed by atoms with van der Waals surface area (Å²) in [7, 11) is 0. The van der Waals surface area contributed by atoms with E-state index in [0.29, 0.717) is 5.84 Å². The van der Waals surface area contributed by atoms with Crippen LogP contribution >= 0.6 is 0 Å². The van der Waals surface area contributed by atoms with Crippen molar-refractivity contribution in [3.8, 4) is 0 Å². The minimum Gasteiger partial charge on any atom is -0.387 e. The Hall–Kier alpha value is -1.06. The largest absolute Gasteiger partial charge is 0.387 e. The molecule has 0 aliphatic carbocycles. The first-order valence-corrected chi connectivity index (χ1v) is 5.80. The number of aliphatic imine (C=N–C) groups is 1. The van der Waals surface area contributed by atoms with E-state index < -0.39 is 0 Å². The topological polar surface area (TPSA) is 58.7 Å². The molecule has 1 aliphatic heterocycles. The fourth-order valence-corrected chi connectivity index (χ4v) is 1.75.